The Bertz CT molecular complexity index is 530. The predicted octanol–water partition coefficient (Wildman–Crippen LogP) is 2.91. The van der Waals surface area contributed by atoms with Crippen molar-refractivity contribution in [2.45, 2.75) is 39.2 Å². The van der Waals surface area contributed by atoms with Crippen molar-refractivity contribution >= 4 is 40.2 Å². The lowest BCUT2D eigenvalue weighted by molar-refractivity contribution is -0.144. The molecule has 1 aliphatic rings. The first-order valence-corrected chi connectivity index (χ1v) is 7.92. The summed E-state index contributed by atoms with van der Waals surface area (Å²) in [7, 11) is 0. The summed E-state index contributed by atoms with van der Waals surface area (Å²) in [5, 5.41) is 0. The number of carbonyl (C=O) groups is 2. The van der Waals surface area contributed by atoms with E-state index in [4.69, 9.17) is 4.74 Å². The van der Waals surface area contributed by atoms with E-state index in [1.54, 1.807) is 11.8 Å². The monoisotopic (exact) mass is 387 g/mol. The zero-order valence-electron chi connectivity index (χ0n) is 11.7. The van der Waals surface area contributed by atoms with Gasteiger partial charge in [0.15, 0.2) is 0 Å². The van der Waals surface area contributed by atoms with Gasteiger partial charge in [0.1, 0.15) is 6.04 Å². The zero-order valence-corrected chi connectivity index (χ0v) is 13.8. The minimum Gasteiger partial charge on any atom is -0.464 e. The van der Waals surface area contributed by atoms with Gasteiger partial charge in [-0.05, 0) is 66.1 Å². The van der Waals surface area contributed by atoms with Gasteiger partial charge in [-0.1, -0.05) is 6.92 Å². The summed E-state index contributed by atoms with van der Waals surface area (Å²) in [6, 6.07) is 5.53. The van der Waals surface area contributed by atoms with E-state index in [1.165, 1.54) is 0 Å². The standard InChI is InChI=1S/C15H18INO3/c1-3-10-7-11(16)9-12(8-10)17-13(5-6-14(17)18)15(19)20-4-2/h7-9,13H,3-6H2,1-2H3/t13-/m1/s1. The summed E-state index contributed by atoms with van der Waals surface area (Å²) in [5.74, 6) is -0.317. The Hall–Kier alpha value is -1.11. The molecule has 1 aromatic carbocycles. The lowest BCUT2D eigenvalue weighted by Gasteiger charge is -2.24. The van der Waals surface area contributed by atoms with Crippen LogP contribution in [0.15, 0.2) is 18.2 Å². The van der Waals surface area contributed by atoms with Crippen molar-refractivity contribution in [2.75, 3.05) is 11.5 Å². The summed E-state index contributed by atoms with van der Waals surface area (Å²) in [5.41, 5.74) is 1.96. The predicted molar refractivity (Wildman–Crippen MR) is 85.7 cm³/mol. The highest BCUT2D eigenvalue weighted by molar-refractivity contribution is 14.1. The van der Waals surface area contributed by atoms with Crippen molar-refractivity contribution in [1.29, 1.82) is 0 Å². The van der Waals surface area contributed by atoms with Gasteiger partial charge in [-0.3, -0.25) is 9.69 Å². The minimum atomic E-state index is -0.481. The zero-order chi connectivity index (χ0) is 14.7. The van der Waals surface area contributed by atoms with E-state index in [-0.39, 0.29) is 11.9 Å². The fraction of sp³-hybridized carbons (Fsp3) is 0.467. The normalized spacial score (nSPS) is 18.4. The van der Waals surface area contributed by atoms with Gasteiger partial charge in [0, 0.05) is 15.7 Å². The maximum Gasteiger partial charge on any atom is 0.329 e. The summed E-state index contributed by atoms with van der Waals surface area (Å²) in [4.78, 5) is 25.7. The third kappa shape index (κ3) is 3.13. The van der Waals surface area contributed by atoms with Gasteiger partial charge in [0.2, 0.25) is 5.91 Å². The van der Waals surface area contributed by atoms with Gasteiger partial charge in [-0.15, -0.1) is 0 Å². The minimum absolute atomic E-state index is 0.00731. The van der Waals surface area contributed by atoms with Crippen LogP contribution in [-0.4, -0.2) is 24.5 Å². The van der Waals surface area contributed by atoms with Crippen LogP contribution in [0.1, 0.15) is 32.3 Å². The van der Waals surface area contributed by atoms with E-state index in [9.17, 15) is 9.59 Å². The smallest absolute Gasteiger partial charge is 0.329 e. The van der Waals surface area contributed by atoms with Crippen LogP contribution in [0.4, 0.5) is 5.69 Å². The van der Waals surface area contributed by atoms with Crippen molar-refractivity contribution in [1.82, 2.24) is 0 Å². The largest absolute Gasteiger partial charge is 0.464 e. The number of amides is 1. The Morgan fingerprint density at radius 3 is 2.80 bits per heavy atom. The molecule has 1 saturated heterocycles. The van der Waals surface area contributed by atoms with E-state index in [2.05, 4.69) is 35.6 Å². The van der Waals surface area contributed by atoms with Gasteiger partial charge in [0.25, 0.3) is 0 Å². The Labute approximate surface area is 132 Å². The first-order valence-electron chi connectivity index (χ1n) is 6.85. The Kier molecular flexibility index (Phi) is 5.01. The number of anilines is 1. The van der Waals surface area contributed by atoms with E-state index < -0.39 is 6.04 Å². The average Bonchev–Trinajstić information content (AvgIpc) is 2.80. The van der Waals surface area contributed by atoms with Crippen molar-refractivity contribution in [3.05, 3.63) is 27.3 Å². The third-order valence-electron chi connectivity index (χ3n) is 3.40. The molecule has 1 aromatic rings. The molecule has 20 heavy (non-hydrogen) atoms. The van der Waals surface area contributed by atoms with Crippen molar-refractivity contribution < 1.29 is 14.3 Å². The molecular formula is C15H18INO3. The third-order valence-corrected chi connectivity index (χ3v) is 4.02. The summed E-state index contributed by atoms with van der Waals surface area (Å²) < 4.78 is 6.15. The molecule has 0 aliphatic carbocycles. The molecule has 1 atom stereocenters. The number of benzene rings is 1. The molecule has 4 nitrogen and oxygen atoms in total. The van der Waals surface area contributed by atoms with Gasteiger partial charge in [-0.25, -0.2) is 4.79 Å². The summed E-state index contributed by atoms with van der Waals surface area (Å²) >= 11 is 2.23. The van der Waals surface area contributed by atoms with Crippen LogP contribution in [0.25, 0.3) is 0 Å². The molecule has 0 aromatic heterocycles. The van der Waals surface area contributed by atoms with Crippen LogP contribution >= 0.6 is 22.6 Å². The molecule has 1 aliphatic heterocycles. The number of carbonyl (C=O) groups excluding carboxylic acids is 2. The molecular weight excluding hydrogens is 369 g/mol. The maximum absolute atomic E-state index is 12.1. The number of rotatable bonds is 4. The molecule has 108 valence electrons. The van der Waals surface area contributed by atoms with Crippen LogP contribution in [-0.2, 0) is 20.7 Å². The maximum atomic E-state index is 12.1. The molecule has 0 N–H and O–H groups in total. The van der Waals surface area contributed by atoms with Crippen LogP contribution in [0.2, 0.25) is 0 Å². The first-order chi connectivity index (χ1) is 9.56. The highest BCUT2D eigenvalue weighted by atomic mass is 127. The second-order valence-electron chi connectivity index (χ2n) is 4.74. The topological polar surface area (TPSA) is 46.6 Å². The fourth-order valence-corrected chi connectivity index (χ4v) is 3.16. The molecule has 0 unspecified atom stereocenters. The Balaban J connectivity index is 2.34. The molecule has 2 rings (SSSR count). The highest BCUT2D eigenvalue weighted by Gasteiger charge is 2.38. The number of hydrogen-bond donors (Lipinski definition) is 0. The lowest BCUT2D eigenvalue weighted by Crippen LogP contribution is -2.39. The number of aryl methyl sites for hydroxylation is 1. The molecule has 1 heterocycles. The fourth-order valence-electron chi connectivity index (χ4n) is 2.45. The second-order valence-corrected chi connectivity index (χ2v) is 5.99. The molecule has 0 spiro atoms. The van der Waals surface area contributed by atoms with Gasteiger partial charge in [-0.2, -0.15) is 0 Å². The van der Waals surface area contributed by atoms with Crippen molar-refractivity contribution in [2.24, 2.45) is 0 Å². The first kappa shape index (κ1) is 15.3. The molecule has 1 amide bonds. The van der Waals surface area contributed by atoms with E-state index in [0.717, 1.165) is 21.2 Å². The van der Waals surface area contributed by atoms with Crippen LogP contribution < -0.4 is 4.90 Å². The molecule has 0 saturated carbocycles. The number of ether oxygens (including phenoxy) is 1. The number of hydrogen-bond acceptors (Lipinski definition) is 3. The van der Waals surface area contributed by atoms with Gasteiger partial charge in [0.05, 0.1) is 6.61 Å². The Morgan fingerprint density at radius 1 is 1.40 bits per heavy atom. The van der Waals surface area contributed by atoms with Gasteiger partial charge >= 0.3 is 5.97 Å². The average molecular weight is 387 g/mol. The Morgan fingerprint density at radius 2 is 2.15 bits per heavy atom. The molecule has 1 fully saturated rings. The van der Waals surface area contributed by atoms with Crippen LogP contribution in [0.3, 0.4) is 0 Å². The summed E-state index contributed by atoms with van der Waals surface area (Å²) in [6.45, 7) is 4.19. The van der Waals surface area contributed by atoms with Crippen molar-refractivity contribution in [3.8, 4) is 0 Å². The van der Waals surface area contributed by atoms with Crippen LogP contribution in [0.5, 0.6) is 0 Å². The number of esters is 1. The second kappa shape index (κ2) is 6.56. The van der Waals surface area contributed by atoms with Crippen LogP contribution in [0, 0.1) is 3.57 Å². The lowest BCUT2D eigenvalue weighted by atomic mass is 10.1. The number of halogens is 1. The molecule has 0 radical (unpaired) electrons. The number of nitrogens with zero attached hydrogens (tertiary/aromatic N) is 1. The van der Waals surface area contributed by atoms with Crippen molar-refractivity contribution in [3.63, 3.8) is 0 Å². The van der Waals surface area contributed by atoms with E-state index in [0.29, 0.717) is 19.4 Å². The van der Waals surface area contributed by atoms with E-state index >= 15 is 0 Å². The summed E-state index contributed by atoms with van der Waals surface area (Å²) in [6.07, 6.45) is 1.83. The SMILES string of the molecule is CCOC(=O)[C@H]1CCC(=O)N1c1cc(I)cc(CC)c1. The van der Waals surface area contributed by atoms with Gasteiger partial charge < -0.3 is 4.74 Å². The van der Waals surface area contributed by atoms with E-state index in [1.807, 2.05) is 12.1 Å². The highest BCUT2D eigenvalue weighted by Crippen LogP contribution is 2.29. The molecule has 0 bridgehead atoms. The molecule has 5 heteroatoms. The quantitative estimate of drug-likeness (QED) is 0.590.